The molecule has 1 saturated heterocycles. The molecule has 0 aromatic carbocycles. The molecular formula is C11H15NO3. The standard InChI is InChI=1S/C11H15NO3/c1-3-6-4-7(13)5-8-9(6)11(15)12(2)10(8)14/h6,8-9H,3-5H2,1-2H3. The number of nitrogens with zero attached hydrogens (tertiary/aromatic N) is 1. The third-order valence-corrected chi connectivity index (χ3v) is 3.67. The van der Waals surface area contributed by atoms with Crippen LogP contribution in [0, 0.1) is 17.8 Å². The average Bonchev–Trinajstić information content (AvgIpc) is 2.43. The number of fused-ring (bicyclic) bond motifs is 1. The van der Waals surface area contributed by atoms with Crippen LogP contribution in [-0.2, 0) is 14.4 Å². The molecule has 4 nitrogen and oxygen atoms in total. The molecule has 1 aliphatic heterocycles. The summed E-state index contributed by atoms with van der Waals surface area (Å²) in [6, 6.07) is 0. The summed E-state index contributed by atoms with van der Waals surface area (Å²) in [5, 5.41) is 0. The summed E-state index contributed by atoms with van der Waals surface area (Å²) in [7, 11) is 1.51. The maximum absolute atomic E-state index is 11.8. The van der Waals surface area contributed by atoms with Crippen molar-refractivity contribution in [3.05, 3.63) is 0 Å². The summed E-state index contributed by atoms with van der Waals surface area (Å²) in [4.78, 5) is 36.2. The lowest BCUT2D eigenvalue weighted by molar-refractivity contribution is -0.138. The van der Waals surface area contributed by atoms with Crippen molar-refractivity contribution in [2.24, 2.45) is 17.8 Å². The van der Waals surface area contributed by atoms with Crippen molar-refractivity contribution in [3.63, 3.8) is 0 Å². The van der Waals surface area contributed by atoms with E-state index in [-0.39, 0.29) is 41.8 Å². The number of hydrogen-bond acceptors (Lipinski definition) is 3. The quantitative estimate of drug-likeness (QED) is 0.594. The molecule has 15 heavy (non-hydrogen) atoms. The first-order chi connectivity index (χ1) is 7.06. The molecule has 0 spiro atoms. The van der Waals surface area contributed by atoms with Crippen molar-refractivity contribution in [1.29, 1.82) is 0 Å². The highest BCUT2D eigenvalue weighted by Crippen LogP contribution is 2.41. The first kappa shape index (κ1) is 10.3. The van der Waals surface area contributed by atoms with E-state index in [1.54, 1.807) is 0 Å². The van der Waals surface area contributed by atoms with Crippen LogP contribution >= 0.6 is 0 Å². The lowest BCUT2D eigenvalue weighted by atomic mass is 9.72. The van der Waals surface area contributed by atoms with E-state index in [0.717, 1.165) is 6.42 Å². The van der Waals surface area contributed by atoms with Crippen molar-refractivity contribution >= 4 is 17.6 Å². The number of amides is 2. The Bertz CT molecular complexity index is 337. The van der Waals surface area contributed by atoms with Gasteiger partial charge in [0.15, 0.2) is 0 Å². The van der Waals surface area contributed by atoms with Gasteiger partial charge in [-0.15, -0.1) is 0 Å². The van der Waals surface area contributed by atoms with Crippen molar-refractivity contribution < 1.29 is 14.4 Å². The predicted molar refractivity (Wildman–Crippen MR) is 52.8 cm³/mol. The van der Waals surface area contributed by atoms with Gasteiger partial charge in [0.2, 0.25) is 11.8 Å². The molecule has 82 valence electrons. The molecule has 1 saturated carbocycles. The molecule has 0 radical (unpaired) electrons. The van der Waals surface area contributed by atoms with Crippen LogP contribution in [0.5, 0.6) is 0 Å². The fourth-order valence-electron chi connectivity index (χ4n) is 2.80. The fourth-order valence-corrected chi connectivity index (χ4v) is 2.80. The van der Waals surface area contributed by atoms with E-state index in [4.69, 9.17) is 0 Å². The number of rotatable bonds is 1. The highest BCUT2D eigenvalue weighted by Gasteiger charge is 2.52. The topological polar surface area (TPSA) is 54.5 Å². The van der Waals surface area contributed by atoms with Gasteiger partial charge in [-0.3, -0.25) is 19.3 Å². The van der Waals surface area contributed by atoms with E-state index in [1.165, 1.54) is 11.9 Å². The van der Waals surface area contributed by atoms with Gasteiger partial charge in [0.25, 0.3) is 0 Å². The smallest absolute Gasteiger partial charge is 0.233 e. The normalized spacial score (nSPS) is 36.0. The Morgan fingerprint density at radius 2 is 1.87 bits per heavy atom. The number of ketones is 1. The lowest BCUT2D eigenvalue weighted by Crippen LogP contribution is -2.34. The SMILES string of the molecule is CCC1CC(=O)CC2C(=O)N(C)C(=O)C12. The second-order valence-electron chi connectivity index (χ2n) is 4.48. The van der Waals surface area contributed by atoms with E-state index in [2.05, 4.69) is 0 Å². The molecular weight excluding hydrogens is 194 g/mol. The summed E-state index contributed by atoms with van der Waals surface area (Å²) in [5.41, 5.74) is 0. The number of likely N-dealkylation sites (tertiary alicyclic amines) is 1. The fraction of sp³-hybridized carbons (Fsp3) is 0.727. The maximum Gasteiger partial charge on any atom is 0.233 e. The number of carbonyl (C=O) groups is 3. The monoisotopic (exact) mass is 209 g/mol. The van der Waals surface area contributed by atoms with E-state index in [0.29, 0.717) is 6.42 Å². The summed E-state index contributed by atoms with van der Waals surface area (Å²) < 4.78 is 0. The first-order valence-corrected chi connectivity index (χ1v) is 5.39. The van der Waals surface area contributed by atoms with Gasteiger partial charge >= 0.3 is 0 Å². The highest BCUT2D eigenvalue weighted by molar-refractivity contribution is 6.07. The van der Waals surface area contributed by atoms with Gasteiger partial charge in [-0.2, -0.15) is 0 Å². The van der Waals surface area contributed by atoms with Gasteiger partial charge in [-0.05, 0) is 5.92 Å². The minimum Gasteiger partial charge on any atom is -0.300 e. The minimum atomic E-state index is -0.367. The Hall–Kier alpha value is -1.19. The van der Waals surface area contributed by atoms with Crippen molar-refractivity contribution in [2.75, 3.05) is 7.05 Å². The Labute approximate surface area is 88.6 Å². The third-order valence-electron chi connectivity index (χ3n) is 3.67. The molecule has 3 unspecified atom stereocenters. The molecule has 0 bridgehead atoms. The Kier molecular flexibility index (Phi) is 2.37. The van der Waals surface area contributed by atoms with Crippen LogP contribution < -0.4 is 0 Å². The van der Waals surface area contributed by atoms with E-state index >= 15 is 0 Å². The van der Waals surface area contributed by atoms with E-state index < -0.39 is 0 Å². The number of Topliss-reactive ketones (excluding diaryl/α,β-unsaturated/α-hetero) is 1. The Balaban J connectivity index is 2.32. The molecule has 0 N–H and O–H groups in total. The molecule has 2 rings (SSSR count). The van der Waals surface area contributed by atoms with Crippen LogP contribution in [0.25, 0.3) is 0 Å². The summed E-state index contributed by atoms with van der Waals surface area (Å²) in [6.07, 6.45) is 1.51. The second-order valence-corrected chi connectivity index (χ2v) is 4.48. The summed E-state index contributed by atoms with van der Waals surface area (Å²) in [6.45, 7) is 1.97. The third kappa shape index (κ3) is 1.39. The van der Waals surface area contributed by atoms with Gasteiger partial charge in [0, 0.05) is 19.9 Å². The number of imide groups is 1. The van der Waals surface area contributed by atoms with Crippen LogP contribution in [0.15, 0.2) is 0 Å². The minimum absolute atomic E-state index is 0.0673. The molecule has 0 aromatic heterocycles. The van der Waals surface area contributed by atoms with Crippen LogP contribution in [-0.4, -0.2) is 29.5 Å². The van der Waals surface area contributed by atoms with Crippen LogP contribution in [0.1, 0.15) is 26.2 Å². The van der Waals surface area contributed by atoms with Gasteiger partial charge in [0.05, 0.1) is 11.8 Å². The van der Waals surface area contributed by atoms with Crippen LogP contribution in [0.2, 0.25) is 0 Å². The molecule has 2 fully saturated rings. The molecule has 1 aliphatic carbocycles. The van der Waals surface area contributed by atoms with Crippen molar-refractivity contribution in [3.8, 4) is 0 Å². The zero-order valence-electron chi connectivity index (χ0n) is 9.03. The average molecular weight is 209 g/mol. The van der Waals surface area contributed by atoms with Crippen LogP contribution in [0.3, 0.4) is 0 Å². The van der Waals surface area contributed by atoms with Gasteiger partial charge in [-0.25, -0.2) is 0 Å². The Morgan fingerprint density at radius 3 is 2.47 bits per heavy atom. The first-order valence-electron chi connectivity index (χ1n) is 5.39. The summed E-state index contributed by atoms with van der Waals surface area (Å²) in [5.74, 6) is -0.669. The zero-order valence-corrected chi connectivity index (χ0v) is 9.03. The van der Waals surface area contributed by atoms with Gasteiger partial charge in [-0.1, -0.05) is 13.3 Å². The van der Waals surface area contributed by atoms with E-state index in [9.17, 15) is 14.4 Å². The summed E-state index contributed by atoms with van der Waals surface area (Å²) >= 11 is 0. The molecule has 4 heteroatoms. The highest BCUT2D eigenvalue weighted by atomic mass is 16.2. The number of carbonyl (C=O) groups excluding carboxylic acids is 3. The number of hydrogen-bond donors (Lipinski definition) is 0. The van der Waals surface area contributed by atoms with Crippen molar-refractivity contribution in [2.45, 2.75) is 26.2 Å². The lowest BCUT2D eigenvalue weighted by Gasteiger charge is -2.28. The van der Waals surface area contributed by atoms with E-state index in [1.807, 2.05) is 6.92 Å². The molecule has 1 heterocycles. The molecule has 2 aliphatic rings. The Morgan fingerprint density at radius 1 is 1.20 bits per heavy atom. The van der Waals surface area contributed by atoms with Crippen LogP contribution in [0.4, 0.5) is 0 Å². The largest absolute Gasteiger partial charge is 0.300 e. The zero-order chi connectivity index (χ0) is 11.2. The predicted octanol–water partition coefficient (Wildman–Crippen LogP) is 0.606. The van der Waals surface area contributed by atoms with Gasteiger partial charge in [0.1, 0.15) is 5.78 Å². The molecule has 0 aromatic rings. The molecule has 3 atom stereocenters. The van der Waals surface area contributed by atoms with Gasteiger partial charge < -0.3 is 0 Å². The molecule has 2 amide bonds. The second kappa shape index (κ2) is 3.43. The maximum atomic E-state index is 11.8. The van der Waals surface area contributed by atoms with Crippen molar-refractivity contribution in [1.82, 2.24) is 4.90 Å².